The number of hydrazine groups is 1. The van der Waals surface area contributed by atoms with E-state index in [9.17, 15) is 13.2 Å². The fourth-order valence-corrected chi connectivity index (χ4v) is 6.82. The molecule has 7 heteroatoms. The van der Waals surface area contributed by atoms with Crippen molar-refractivity contribution in [3.05, 3.63) is 24.3 Å². The van der Waals surface area contributed by atoms with Crippen molar-refractivity contribution >= 4 is 15.9 Å². The van der Waals surface area contributed by atoms with Crippen molar-refractivity contribution in [3.63, 3.8) is 0 Å². The lowest BCUT2D eigenvalue weighted by Gasteiger charge is -2.56. The van der Waals surface area contributed by atoms with Gasteiger partial charge in [-0.2, -0.15) is 0 Å². The number of carbonyl (C=O) groups excluding carboxylic acids is 1. The highest BCUT2D eigenvalue weighted by molar-refractivity contribution is 7.89. The summed E-state index contributed by atoms with van der Waals surface area (Å²) in [4.78, 5) is 14.8. The molecule has 2 N–H and O–H groups in total. The Kier molecular flexibility index (Phi) is 4.93. The monoisotopic (exact) mass is 392 g/mol. The molecular weight excluding hydrogens is 364 g/mol. The van der Waals surface area contributed by atoms with Gasteiger partial charge in [-0.05, 0) is 92.9 Å². The van der Waals surface area contributed by atoms with Crippen LogP contribution in [0, 0.1) is 23.2 Å². The summed E-state index contributed by atoms with van der Waals surface area (Å²) >= 11 is 0. The zero-order chi connectivity index (χ0) is 19.1. The van der Waals surface area contributed by atoms with Gasteiger partial charge in [-0.25, -0.2) is 8.42 Å². The Morgan fingerprint density at radius 1 is 1.07 bits per heavy atom. The summed E-state index contributed by atoms with van der Waals surface area (Å²) in [6, 6.07) is 6.15. The molecule has 27 heavy (non-hydrogen) atoms. The first-order valence-corrected chi connectivity index (χ1v) is 11.4. The third-order valence-corrected chi connectivity index (χ3v) is 7.73. The molecule has 0 aliphatic heterocycles. The number of benzene rings is 1. The van der Waals surface area contributed by atoms with Gasteiger partial charge in [0.15, 0.2) is 0 Å². The first-order chi connectivity index (χ1) is 12.9. The second-order valence-electron chi connectivity index (χ2n) is 8.65. The summed E-state index contributed by atoms with van der Waals surface area (Å²) in [5.74, 6) is 2.69. The van der Waals surface area contributed by atoms with Gasteiger partial charge in [0.2, 0.25) is 5.91 Å². The lowest BCUT2D eigenvalue weighted by molar-refractivity contribution is -0.129. The highest BCUT2D eigenvalue weighted by Crippen LogP contribution is 2.61. The molecule has 1 amide bonds. The Morgan fingerprint density at radius 3 is 2.15 bits per heavy atom. The molecule has 6 nitrogen and oxygen atoms in total. The normalized spacial score (nSPS) is 31.7. The van der Waals surface area contributed by atoms with Crippen molar-refractivity contribution in [3.8, 4) is 5.75 Å². The Morgan fingerprint density at radius 2 is 1.63 bits per heavy atom. The van der Waals surface area contributed by atoms with Crippen molar-refractivity contribution in [2.24, 2.45) is 23.2 Å². The molecule has 0 saturated heterocycles. The minimum Gasteiger partial charge on any atom is -0.494 e. The molecule has 0 radical (unpaired) electrons. The molecule has 4 fully saturated rings. The van der Waals surface area contributed by atoms with E-state index in [2.05, 4.69) is 10.3 Å². The van der Waals surface area contributed by atoms with Gasteiger partial charge in [0, 0.05) is 6.42 Å². The van der Waals surface area contributed by atoms with Crippen LogP contribution in [0.2, 0.25) is 0 Å². The summed E-state index contributed by atoms with van der Waals surface area (Å²) in [6.07, 6.45) is 7.76. The molecule has 4 aliphatic carbocycles. The highest BCUT2D eigenvalue weighted by Gasteiger charge is 2.51. The molecule has 0 unspecified atom stereocenters. The number of nitrogens with one attached hydrogen (secondary N) is 2. The van der Waals surface area contributed by atoms with Crippen LogP contribution < -0.4 is 15.0 Å². The van der Waals surface area contributed by atoms with E-state index in [0.29, 0.717) is 18.8 Å². The van der Waals surface area contributed by atoms with Crippen molar-refractivity contribution < 1.29 is 17.9 Å². The van der Waals surface area contributed by atoms with Gasteiger partial charge in [0.25, 0.3) is 10.0 Å². The van der Waals surface area contributed by atoms with E-state index < -0.39 is 10.0 Å². The maximum absolute atomic E-state index is 12.5. The van der Waals surface area contributed by atoms with Crippen molar-refractivity contribution in [2.45, 2.75) is 56.8 Å². The van der Waals surface area contributed by atoms with Crippen molar-refractivity contribution in [1.29, 1.82) is 0 Å². The zero-order valence-electron chi connectivity index (χ0n) is 15.7. The second kappa shape index (κ2) is 7.09. The topological polar surface area (TPSA) is 84.5 Å². The Balaban J connectivity index is 1.34. The van der Waals surface area contributed by atoms with Crippen molar-refractivity contribution in [1.82, 2.24) is 10.3 Å². The molecule has 5 rings (SSSR count). The summed E-state index contributed by atoms with van der Waals surface area (Å²) < 4.78 is 30.1. The van der Waals surface area contributed by atoms with E-state index in [-0.39, 0.29) is 16.2 Å². The van der Waals surface area contributed by atoms with E-state index in [4.69, 9.17) is 4.74 Å². The molecule has 148 valence electrons. The van der Waals surface area contributed by atoms with Crippen LogP contribution in [0.5, 0.6) is 5.75 Å². The minimum absolute atomic E-state index is 0.0867. The number of carbonyl (C=O) groups is 1. The average molecular weight is 393 g/mol. The van der Waals surface area contributed by atoms with Gasteiger partial charge in [-0.1, -0.05) is 0 Å². The SMILES string of the molecule is CCOc1ccc(S(=O)(=O)NNC(=O)CC23CC4CC(CC(C4)C2)C3)cc1. The van der Waals surface area contributed by atoms with Gasteiger partial charge >= 0.3 is 0 Å². The third kappa shape index (κ3) is 3.99. The maximum Gasteiger partial charge on any atom is 0.257 e. The fourth-order valence-electron chi connectivity index (χ4n) is 5.96. The van der Waals surface area contributed by atoms with E-state index in [0.717, 1.165) is 37.0 Å². The van der Waals surface area contributed by atoms with Gasteiger partial charge in [-0.3, -0.25) is 10.2 Å². The smallest absolute Gasteiger partial charge is 0.257 e. The van der Waals surface area contributed by atoms with Gasteiger partial charge in [0.1, 0.15) is 5.75 Å². The van der Waals surface area contributed by atoms with E-state index >= 15 is 0 Å². The van der Waals surface area contributed by atoms with Crippen LogP contribution in [0.25, 0.3) is 0 Å². The average Bonchev–Trinajstić information content (AvgIpc) is 2.59. The fraction of sp³-hybridized carbons (Fsp3) is 0.650. The van der Waals surface area contributed by atoms with Crippen LogP contribution in [0.3, 0.4) is 0 Å². The Bertz CT molecular complexity index is 768. The molecular formula is C20H28N2O4S. The molecule has 4 saturated carbocycles. The van der Waals surface area contributed by atoms with Crippen LogP contribution >= 0.6 is 0 Å². The molecule has 1 aromatic carbocycles. The van der Waals surface area contributed by atoms with E-state index in [1.807, 2.05) is 6.92 Å². The quantitative estimate of drug-likeness (QED) is 0.699. The van der Waals surface area contributed by atoms with Gasteiger partial charge in [0.05, 0.1) is 11.5 Å². The molecule has 0 heterocycles. The zero-order valence-corrected chi connectivity index (χ0v) is 16.6. The van der Waals surface area contributed by atoms with Crippen LogP contribution in [0.4, 0.5) is 0 Å². The molecule has 4 aliphatic rings. The van der Waals surface area contributed by atoms with Crippen LogP contribution in [-0.2, 0) is 14.8 Å². The van der Waals surface area contributed by atoms with Crippen LogP contribution in [-0.4, -0.2) is 20.9 Å². The predicted octanol–water partition coefficient (Wildman–Crippen LogP) is 3.00. The first-order valence-electron chi connectivity index (χ1n) is 9.91. The molecule has 1 aromatic rings. The molecule has 0 spiro atoms. The van der Waals surface area contributed by atoms with Crippen molar-refractivity contribution in [2.75, 3.05) is 6.61 Å². The molecule has 4 bridgehead atoms. The van der Waals surface area contributed by atoms with E-state index in [1.165, 1.54) is 31.4 Å². The molecule has 0 atom stereocenters. The predicted molar refractivity (Wildman–Crippen MR) is 101 cm³/mol. The van der Waals surface area contributed by atoms with Crippen LogP contribution in [0.15, 0.2) is 29.2 Å². The van der Waals surface area contributed by atoms with Gasteiger partial charge in [-0.15, -0.1) is 4.83 Å². The summed E-state index contributed by atoms with van der Waals surface area (Å²) in [5, 5.41) is 0. The Labute approximate surface area is 161 Å². The lowest BCUT2D eigenvalue weighted by atomic mass is 9.49. The number of sulfonamides is 1. The number of ether oxygens (including phenoxy) is 1. The minimum atomic E-state index is -3.79. The second-order valence-corrected chi connectivity index (χ2v) is 10.3. The van der Waals surface area contributed by atoms with Gasteiger partial charge < -0.3 is 4.74 Å². The summed E-state index contributed by atoms with van der Waals surface area (Å²) in [5.41, 5.74) is 2.51. The number of amides is 1. The highest BCUT2D eigenvalue weighted by atomic mass is 32.2. The first kappa shape index (κ1) is 18.7. The summed E-state index contributed by atoms with van der Waals surface area (Å²) in [7, 11) is -3.79. The maximum atomic E-state index is 12.5. The van der Waals surface area contributed by atoms with E-state index in [1.54, 1.807) is 12.1 Å². The molecule has 0 aromatic heterocycles. The largest absolute Gasteiger partial charge is 0.494 e. The van der Waals surface area contributed by atoms with Crippen LogP contribution in [0.1, 0.15) is 51.9 Å². The Hall–Kier alpha value is -1.60. The number of hydrogen-bond donors (Lipinski definition) is 2. The number of hydrogen-bond acceptors (Lipinski definition) is 4. The summed E-state index contributed by atoms with van der Waals surface area (Å²) in [6.45, 7) is 2.39. The third-order valence-electron chi connectivity index (χ3n) is 6.47. The standard InChI is InChI=1S/C20H28N2O4S/c1-2-26-17-3-5-18(6-4-17)27(24,25)22-21-19(23)13-20-10-14-7-15(11-20)9-16(8-14)12-20/h3-6,14-16,22H,2,7-13H2,1H3,(H,21,23). The number of rotatable bonds is 7. The lowest BCUT2D eigenvalue weighted by Crippen LogP contribution is -2.50.